The molecule has 30 heavy (non-hydrogen) atoms. The van der Waals surface area contributed by atoms with Gasteiger partial charge in [0.05, 0.1) is 34.7 Å². The van der Waals surface area contributed by atoms with Crippen molar-refractivity contribution in [2.45, 2.75) is 13.5 Å². The highest BCUT2D eigenvalue weighted by molar-refractivity contribution is 6.15. The van der Waals surface area contributed by atoms with Crippen LogP contribution in [0.15, 0.2) is 18.3 Å². The van der Waals surface area contributed by atoms with Crippen molar-refractivity contribution in [3.63, 3.8) is 0 Å². The van der Waals surface area contributed by atoms with Crippen molar-refractivity contribution < 1.29 is 0 Å². The molecule has 0 amide bonds. The summed E-state index contributed by atoms with van der Waals surface area (Å²) in [4.78, 5) is 15.5. The molecule has 0 aliphatic carbocycles. The number of nitrogens with zero attached hydrogens (tertiary/aromatic N) is 6. The second-order valence-corrected chi connectivity index (χ2v) is 6.88. The zero-order chi connectivity index (χ0) is 21.7. The number of nitrogen functional groups attached to an aromatic ring is 1. The molecule has 0 saturated carbocycles. The maximum Gasteiger partial charge on any atom is 0.222 e. The Morgan fingerprint density at radius 1 is 1.27 bits per heavy atom. The Kier molecular flexibility index (Phi) is 6.92. The van der Waals surface area contributed by atoms with Gasteiger partial charge in [0.2, 0.25) is 5.95 Å². The highest BCUT2D eigenvalue weighted by Crippen LogP contribution is 2.27. The summed E-state index contributed by atoms with van der Waals surface area (Å²) >= 11 is 4.64. The Morgan fingerprint density at radius 2 is 2.00 bits per heavy atom. The Morgan fingerprint density at radius 3 is 2.70 bits per heavy atom. The largest absolute Gasteiger partial charge is 0.368 e. The molecule has 0 radical (unpaired) electrons. The maximum absolute atomic E-state index is 9.45. The summed E-state index contributed by atoms with van der Waals surface area (Å²) in [5.74, 6) is 0.585. The first-order chi connectivity index (χ1) is 14.6. The number of alkyl halides is 1. The van der Waals surface area contributed by atoms with Crippen LogP contribution in [0.25, 0.3) is 11.0 Å². The van der Waals surface area contributed by atoms with Crippen molar-refractivity contribution in [2.75, 3.05) is 48.5 Å². The number of nitrogens with two attached hydrogens (primary N) is 1. The number of aromatic nitrogens is 4. The lowest BCUT2D eigenvalue weighted by molar-refractivity contribution is 0.587. The summed E-state index contributed by atoms with van der Waals surface area (Å²) in [5.41, 5.74) is 10.8. The van der Waals surface area contributed by atoms with E-state index in [2.05, 4.69) is 53.8 Å². The Bertz CT molecular complexity index is 1060. The number of hydrogen-bond acceptors (Lipinski definition) is 8. The van der Waals surface area contributed by atoms with Crippen molar-refractivity contribution in [3.8, 4) is 6.07 Å². The molecule has 4 heterocycles. The topological polar surface area (TPSA) is 121 Å². The average molecular weight is 428 g/mol. The minimum atomic E-state index is 0.146. The van der Waals surface area contributed by atoms with E-state index >= 15 is 0 Å². The highest BCUT2D eigenvalue weighted by atomic mass is 35.5. The van der Waals surface area contributed by atoms with Crippen molar-refractivity contribution in [1.29, 1.82) is 5.26 Å². The molecule has 3 aromatic heterocycles. The fourth-order valence-electron chi connectivity index (χ4n) is 3.55. The normalized spacial score (nSPS) is 13.5. The molecule has 1 aliphatic rings. The third kappa shape index (κ3) is 4.40. The standard InChI is InChI=1S/C19H23N9.CH3Cl/c1-12-13(10-20)18(26-19(21)24-12)23-11-15-17(28-7-4-22-5-8-28)9-16-14(25-15)3-6-27(16)2;1-2/h3,6,9,22H,4-5,7-8,11H2,1-2H3,(H3,21,23,24,26);1H3. The number of pyridine rings is 1. The van der Waals surface area contributed by atoms with Crippen molar-refractivity contribution >= 4 is 40.1 Å². The minimum Gasteiger partial charge on any atom is -0.368 e. The number of rotatable bonds is 4. The summed E-state index contributed by atoms with van der Waals surface area (Å²) in [7, 11) is 2.02. The number of nitrogens with one attached hydrogen (secondary N) is 2. The van der Waals surface area contributed by atoms with Crippen LogP contribution >= 0.6 is 11.6 Å². The first kappa shape index (κ1) is 21.6. The van der Waals surface area contributed by atoms with E-state index in [1.807, 2.05) is 19.3 Å². The van der Waals surface area contributed by atoms with Gasteiger partial charge in [-0.25, -0.2) is 9.97 Å². The number of aryl methyl sites for hydroxylation is 2. The van der Waals surface area contributed by atoms with Gasteiger partial charge in [0.15, 0.2) is 0 Å². The number of piperazine rings is 1. The van der Waals surface area contributed by atoms with Crippen LogP contribution in [-0.2, 0) is 13.6 Å². The first-order valence-corrected chi connectivity index (χ1v) is 10.4. The van der Waals surface area contributed by atoms with Gasteiger partial charge in [-0.1, -0.05) is 0 Å². The lowest BCUT2D eigenvalue weighted by atomic mass is 10.2. The second-order valence-electron chi connectivity index (χ2n) is 6.88. The van der Waals surface area contributed by atoms with Gasteiger partial charge >= 0.3 is 0 Å². The highest BCUT2D eigenvalue weighted by Gasteiger charge is 2.18. The van der Waals surface area contributed by atoms with Crippen LogP contribution in [0.3, 0.4) is 0 Å². The summed E-state index contributed by atoms with van der Waals surface area (Å²) in [5, 5.41) is 16.1. The van der Waals surface area contributed by atoms with E-state index in [0.29, 0.717) is 23.6 Å². The molecule has 0 unspecified atom stereocenters. The van der Waals surface area contributed by atoms with Crippen LogP contribution in [0.5, 0.6) is 0 Å². The van der Waals surface area contributed by atoms with Crippen LogP contribution in [0.4, 0.5) is 17.5 Å². The van der Waals surface area contributed by atoms with Gasteiger partial charge in [0, 0.05) is 45.8 Å². The number of hydrogen-bond donors (Lipinski definition) is 3. The van der Waals surface area contributed by atoms with Crippen LogP contribution in [0, 0.1) is 18.3 Å². The van der Waals surface area contributed by atoms with Gasteiger partial charge in [-0.3, -0.25) is 0 Å². The molecule has 1 saturated heterocycles. The quantitative estimate of drug-likeness (QED) is 0.540. The van der Waals surface area contributed by atoms with Crippen LogP contribution < -0.4 is 21.3 Å². The lowest BCUT2D eigenvalue weighted by Gasteiger charge is -2.31. The van der Waals surface area contributed by atoms with E-state index in [1.165, 1.54) is 6.38 Å². The molecule has 4 rings (SSSR count). The van der Waals surface area contributed by atoms with Crippen LogP contribution in [0.1, 0.15) is 17.0 Å². The summed E-state index contributed by atoms with van der Waals surface area (Å²) < 4.78 is 2.08. The zero-order valence-corrected chi connectivity index (χ0v) is 18.2. The van der Waals surface area contributed by atoms with Gasteiger partial charge in [0.25, 0.3) is 0 Å². The number of nitriles is 1. The van der Waals surface area contributed by atoms with E-state index in [-0.39, 0.29) is 5.95 Å². The Labute approximate surface area is 180 Å². The predicted octanol–water partition coefficient (Wildman–Crippen LogP) is 2.00. The molecule has 3 aromatic rings. The van der Waals surface area contributed by atoms with E-state index in [4.69, 9.17) is 10.7 Å². The average Bonchev–Trinajstić information content (AvgIpc) is 3.13. The molecule has 1 fully saturated rings. The molecule has 9 nitrogen and oxygen atoms in total. The third-order valence-electron chi connectivity index (χ3n) is 5.02. The molecular formula is C20H26ClN9. The number of halogens is 1. The first-order valence-electron chi connectivity index (χ1n) is 9.63. The molecule has 0 aromatic carbocycles. The van der Waals surface area contributed by atoms with E-state index in [0.717, 1.165) is 48.6 Å². The van der Waals surface area contributed by atoms with Gasteiger partial charge in [-0.05, 0) is 19.1 Å². The third-order valence-corrected chi connectivity index (χ3v) is 5.02. The second kappa shape index (κ2) is 9.61. The van der Waals surface area contributed by atoms with E-state index in [1.54, 1.807) is 6.92 Å². The minimum absolute atomic E-state index is 0.146. The van der Waals surface area contributed by atoms with Crippen LogP contribution in [0.2, 0.25) is 0 Å². The molecule has 4 N–H and O–H groups in total. The molecule has 0 atom stereocenters. The number of anilines is 3. The van der Waals surface area contributed by atoms with Crippen molar-refractivity contribution in [3.05, 3.63) is 35.3 Å². The Balaban J connectivity index is 0.00000124. The van der Waals surface area contributed by atoms with Gasteiger partial charge < -0.3 is 25.8 Å². The molecule has 158 valence electrons. The SMILES string of the molecule is CCl.Cc1nc(N)nc(NCc2nc3ccn(C)c3cc2N2CCNCC2)c1C#N. The van der Waals surface area contributed by atoms with Gasteiger partial charge in [0.1, 0.15) is 17.5 Å². The van der Waals surface area contributed by atoms with Gasteiger partial charge in [-0.15, -0.1) is 11.6 Å². The fourth-order valence-corrected chi connectivity index (χ4v) is 3.55. The van der Waals surface area contributed by atoms with Crippen molar-refractivity contribution in [2.24, 2.45) is 7.05 Å². The van der Waals surface area contributed by atoms with Crippen molar-refractivity contribution in [1.82, 2.24) is 24.8 Å². The summed E-state index contributed by atoms with van der Waals surface area (Å²) in [6, 6.07) is 6.35. The fraction of sp³-hybridized carbons (Fsp3) is 0.400. The van der Waals surface area contributed by atoms with Gasteiger partial charge in [-0.2, -0.15) is 10.2 Å². The molecular weight excluding hydrogens is 402 g/mol. The number of fused-ring (bicyclic) bond motifs is 1. The van der Waals surface area contributed by atoms with Crippen LogP contribution in [-0.4, -0.2) is 52.1 Å². The summed E-state index contributed by atoms with van der Waals surface area (Å²) in [6.07, 6.45) is 3.48. The molecule has 10 heteroatoms. The molecule has 0 spiro atoms. The predicted molar refractivity (Wildman–Crippen MR) is 121 cm³/mol. The van der Waals surface area contributed by atoms with E-state index < -0.39 is 0 Å². The monoisotopic (exact) mass is 427 g/mol. The molecule has 1 aliphatic heterocycles. The van der Waals surface area contributed by atoms with E-state index in [9.17, 15) is 5.26 Å². The molecule has 0 bridgehead atoms. The smallest absolute Gasteiger partial charge is 0.222 e. The lowest BCUT2D eigenvalue weighted by Crippen LogP contribution is -2.44. The summed E-state index contributed by atoms with van der Waals surface area (Å²) in [6.45, 7) is 5.93. The Hall–Kier alpha value is -3.09. The maximum atomic E-state index is 9.45. The zero-order valence-electron chi connectivity index (χ0n) is 17.4.